The fourth-order valence-electron chi connectivity index (χ4n) is 0.0707. The number of rotatable bonds is 1. The molecule has 0 aliphatic heterocycles. The summed E-state index contributed by atoms with van der Waals surface area (Å²) in [7, 11) is 0. The highest BCUT2D eigenvalue weighted by molar-refractivity contribution is 5.80. The van der Waals surface area contributed by atoms with Crippen LogP contribution in [0.25, 0.3) is 0 Å². The number of nitrogens with zero attached hydrogens (tertiary/aromatic N) is 1. The lowest BCUT2D eigenvalue weighted by molar-refractivity contribution is -0.134. The van der Waals surface area contributed by atoms with Gasteiger partial charge in [-0.15, -0.1) is 0 Å². The quantitative estimate of drug-likeness (QED) is 0.334. The molecule has 10 heavy (non-hydrogen) atoms. The molecule has 0 aliphatic carbocycles. The van der Waals surface area contributed by atoms with Gasteiger partial charge in [0.15, 0.2) is 0 Å². The van der Waals surface area contributed by atoms with Crippen LogP contribution in [0.15, 0.2) is 5.16 Å². The molecule has 60 valence electrons. The standard InChI is InChI=1S/C4H9NO.C2H4O2/c1-3-4(2)5-6;1-2(3)4/h6H,3H2,1-2H3;1H3,(H,3,4). The number of carbonyl (C=O) groups is 1. The first-order valence-corrected chi connectivity index (χ1v) is 2.91. The van der Waals surface area contributed by atoms with Gasteiger partial charge in [0.2, 0.25) is 0 Å². The van der Waals surface area contributed by atoms with Crippen LogP contribution in [0.1, 0.15) is 27.2 Å². The maximum Gasteiger partial charge on any atom is 0.300 e. The summed E-state index contributed by atoms with van der Waals surface area (Å²) >= 11 is 0. The van der Waals surface area contributed by atoms with Gasteiger partial charge in [0.05, 0.1) is 5.71 Å². The van der Waals surface area contributed by atoms with Crippen LogP contribution in [0.3, 0.4) is 0 Å². The van der Waals surface area contributed by atoms with Crippen molar-refractivity contribution in [1.82, 2.24) is 0 Å². The van der Waals surface area contributed by atoms with E-state index in [1.165, 1.54) is 0 Å². The van der Waals surface area contributed by atoms with E-state index in [0.717, 1.165) is 19.1 Å². The van der Waals surface area contributed by atoms with E-state index in [2.05, 4.69) is 5.16 Å². The molecule has 0 aromatic heterocycles. The van der Waals surface area contributed by atoms with Crippen LogP contribution in [-0.2, 0) is 4.79 Å². The second kappa shape index (κ2) is 7.94. The van der Waals surface area contributed by atoms with Crippen molar-refractivity contribution in [1.29, 1.82) is 0 Å². The Morgan fingerprint density at radius 1 is 1.50 bits per heavy atom. The van der Waals surface area contributed by atoms with Gasteiger partial charge in [-0.25, -0.2) is 0 Å². The summed E-state index contributed by atoms with van der Waals surface area (Å²) in [5.41, 5.74) is 0.773. The molecule has 0 aliphatic rings. The summed E-state index contributed by atoms with van der Waals surface area (Å²) in [6, 6.07) is 0. The Hall–Kier alpha value is -1.06. The lowest BCUT2D eigenvalue weighted by Gasteiger charge is -1.81. The smallest absolute Gasteiger partial charge is 0.300 e. The maximum absolute atomic E-state index is 9.00. The third kappa shape index (κ3) is 28.3. The highest BCUT2D eigenvalue weighted by Gasteiger charge is 1.77. The van der Waals surface area contributed by atoms with Crippen molar-refractivity contribution < 1.29 is 15.1 Å². The zero-order valence-electron chi connectivity index (χ0n) is 6.46. The van der Waals surface area contributed by atoms with Crippen molar-refractivity contribution in [3.63, 3.8) is 0 Å². The van der Waals surface area contributed by atoms with Crippen LogP contribution in [0.5, 0.6) is 0 Å². The number of carboxylic acids is 1. The molecule has 0 rings (SSSR count). The van der Waals surface area contributed by atoms with Crippen LogP contribution < -0.4 is 0 Å². The zero-order chi connectivity index (χ0) is 8.57. The van der Waals surface area contributed by atoms with Gasteiger partial charge in [0, 0.05) is 6.92 Å². The molecule has 0 aromatic rings. The maximum atomic E-state index is 9.00. The summed E-state index contributed by atoms with van der Waals surface area (Å²) in [4.78, 5) is 9.00. The van der Waals surface area contributed by atoms with Crippen molar-refractivity contribution in [2.45, 2.75) is 27.2 Å². The van der Waals surface area contributed by atoms with Crippen molar-refractivity contribution in [2.24, 2.45) is 5.16 Å². The molecule has 0 spiro atoms. The lowest BCUT2D eigenvalue weighted by Crippen LogP contribution is -1.83. The summed E-state index contributed by atoms with van der Waals surface area (Å²) < 4.78 is 0. The van der Waals surface area contributed by atoms with Crippen molar-refractivity contribution in [3.8, 4) is 0 Å². The fraction of sp³-hybridized carbons (Fsp3) is 0.667. The Morgan fingerprint density at radius 2 is 1.80 bits per heavy atom. The first kappa shape index (κ1) is 11.7. The van der Waals surface area contributed by atoms with E-state index in [9.17, 15) is 0 Å². The summed E-state index contributed by atoms with van der Waals surface area (Å²) in [5, 5.41) is 18.3. The Morgan fingerprint density at radius 3 is 1.80 bits per heavy atom. The van der Waals surface area contributed by atoms with E-state index in [1.54, 1.807) is 6.92 Å². The molecule has 0 saturated heterocycles. The first-order valence-electron chi connectivity index (χ1n) is 2.91. The first-order chi connectivity index (χ1) is 4.54. The number of aliphatic carboxylic acids is 1. The monoisotopic (exact) mass is 147 g/mol. The molecule has 4 nitrogen and oxygen atoms in total. The fourth-order valence-corrected chi connectivity index (χ4v) is 0.0707. The van der Waals surface area contributed by atoms with Gasteiger partial charge >= 0.3 is 0 Å². The molecule has 0 heterocycles. The van der Waals surface area contributed by atoms with E-state index in [4.69, 9.17) is 15.1 Å². The van der Waals surface area contributed by atoms with Crippen molar-refractivity contribution >= 4 is 11.7 Å². The predicted octanol–water partition coefficient (Wildman–Crippen LogP) is 1.34. The summed E-state index contributed by atoms with van der Waals surface area (Å²) in [6.07, 6.45) is 0.830. The summed E-state index contributed by atoms with van der Waals surface area (Å²) in [6.45, 7) is 4.80. The van der Waals surface area contributed by atoms with Gasteiger partial charge in [-0.05, 0) is 13.3 Å². The molecule has 0 radical (unpaired) electrons. The van der Waals surface area contributed by atoms with Gasteiger partial charge in [-0.1, -0.05) is 12.1 Å². The average molecular weight is 147 g/mol. The molecule has 0 aromatic carbocycles. The van der Waals surface area contributed by atoms with E-state index < -0.39 is 5.97 Å². The van der Waals surface area contributed by atoms with Crippen LogP contribution >= 0.6 is 0 Å². The molecule has 0 bridgehead atoms. The molecule has 4 heteroatoms. The zero-order valence-corrected chi connectivity index (χ0v) is 6.46. The number of hydrogen-bond acceptors (Lipinski definition) is 3. The predicted molar refractivity (Wildman–Crippen MR) is 38.5 cm³/mol. The number of carboxylic acid groups (broad SMARTS) is 1. The van der Waals surface area contributed by atoms with E-state index in [1.807, 2.05) is 6.92 Å². The molecule has 0 saturated carbocycles. The molecular formula is C6H13NO3. The third-order valence-electron chi connectivity index (χ3n) is 0.682. The van der Waals surface area contributed by atoms with Gasteiger partial charge in [0.25, 0.3) is 5.97 Å². The van der Waals surface area contributed by atoms with Crippen LogP contribution in [0, 0.1) is 0 Å². The minimum Gasteiger partial charge on any atom is -0.481 e. The normalized spacial score (nSPS) is 9.70. The highest BCUT2D eigenvalue weighted by Crippen LogP contribution is 1.78. The van der Waals surface area contributed by atoms with E-state index in [-0.39, 0.29) is 0 Å². The molecule has 0 unspecified atom stereocenters. The Kier molecular flexibility index (Phi) is 9.29. The Labute approximate surface area is 60.2 Å². The average Bonchev–Trinajstić information content (AvgIpc) is 1.85. The lowest BCUT2D eigenvalue weighted by atomic mass is 10.3. The minimum absolute atomic E-state index is 0.773. The van der Waals surface area contributed by atoms with Crippen molar-refractivity contribution in [2.75, 3.05) is 0 Å². The molecule has 0 fully saturated rings. The van der Waals surface area contributed by atoms with Gasteiger partial charge in [0.1, 0.15) is 0 Å². The van der Waals surface area contributed by atoms with Crippen LogP contribution in [-0.4, -0.2) is 22.0 Å². The van der Waals surface area contributed by atoms with Crippen molar-refractivity contribution in [3.05, 3.63) is 0 Å². The minimum atomic E-state index is -0.833. The second-order valence-electron chi connectivity index (χ2n) is 1.71. The van der Waals surface area contributed by atoms with Crippen LogP contribution in [0.4, 0.5) is 0 Å². The Bertz CT molecular complexity index is 116. The largest absolute Gasteiger partial charge is 0.481 e. The second-order valence-corrected chi connectivity index (χ2v) is 1.71. The number of oxime groups is 1. The van der Waals surface area contributed by atoms with E-state index in [0.29, 0.717) is 0 Å². The molecule has 0 amide bonds. The summed E-state index contributed by atoms with van der Waals surface area (Å²) in [5.74, 6) is -0.833. The van der Waals surface area contributed by atoms with E-state index >= 15 is 0 Å². The third-order valence-corrected chi connectivity index (χ3v) is 0.682. The van der Waals surface area contributed by atoms with Gasteiger partial charge in [-0.2, -0.15) is 0 Å². The molecule has 2 N–H and O–H groups in total. The molecular weight excluding hydrogens is 134 g/mol. The number of hydrogen-bond donors (Lipinski definition) is 2. The Balaban J connectivity index is 0. The van der Waals surface area contributed by atoms with Crippen LogP contribution in [0.2, 0.25) is 0 Å². The topological polar surface area (TPSA) is 69.9 Å². The van der Waals surface area contributed by atoms with Gasteiger partial charge < -0.3 is 10.3 Å². The van der Waals surface area contributed by atoms with Gasteiger partial charge in [-0.3, -0.25) is 4.79 Å². The highest BCUT2D eigenvalue weighted by atomic mass is 16.4. The molecule has 0 atom stereocenters. The SMILES string of the molecule is CC(=O)O.CCC(C)=NO.